The Morgan fingerprint density at radius 1 is 1.29 bits per heavy atom. The second-order valence-electron chi connectivity index (χ2n) is 8.18. The summed E-state index contributed by atoms with van der Waals surface area (Å²) in [5.74, 6) is 0.0664. The van der Waals surface area contributed by atoms with Crippen molar-refractivity contribution >= 4 is 28.3 Å². The highest BCUT2D eigenvalue weighted by Crippen LogP contribution is 2.41. The van der Waals surface area contributed by atoms with E-state index in [0.29, 0.717) is 6.42 Å². The van der Waals surface area contributed by atoms with E-state index in [-0.39, 0.29) is 29.8 Å². The predicted molar refractivity (Wildman–Crippen MR) is 112 cm³/mol. The highest BCUT2D eigenvalue weighted by atomic mass is 16.2. The van der Waals surface area contributed by atoms with E-state index < -0.39 is 0 Å². The standard InChI is InChI=1S/C23H29N3O2/c1-5-14(3)24-23(28)16-10-18-17-8-7-9-19-22(17)15(11-20(18)25(4)12-16)13-26(19)21(27)6-2/h7-10,13-14,16,20H,5-6,11-12H2,1-4H3,(H,24,28)/t14-,16-,20-/m1/s1. The molecule has 0 saturated heterocycles. The third-order valence-electron chi connectivity index (χ3n) is 6.30. The van der Waals surface area contributed by atoms with Crippen LogP contribution in [0.25, 0.3) is 16.5 Å². The molecule has 2 aliphatic rings. The van der Waals surface area contributed by atoms with Gasteiger partial charge in [0.25, 0.3) is 0 Å². The summed E-state index contributed by atoms with van der Waals surface area (Å²) in [6.07, 6.45) is 6.47. The van der Waals surface area contributed by atoms with Crippen molar-refractivity contribution in [2.24, 2.45) is 5.92 Å². The molecule has 148 valence electrons. The second kappa shape index (κ2) is 7.21. The number of carbonyl (C=O) groups excluding carboxylic acids is 2. The van der Waals surface area contributed by atoms with Crippen molar-refractivity contribution in [1.29, 1.82) is 0 Å². The van der Waals surface area contributed by atoms with Gasteiger partial charge in [-0.3, -0.25) is 19.1 Å². The molecular formula is C23H29N3O2. The van der Waals surface area contributed by atoms with Gasteiger partial charge in [-0.2, -0.15) is 0 Å². The lowest BCUT2D eigenvalue weighted by molar-refractivity contribution is -0.124. The average molecular weight is 380 g/mol. The lowest BCUT2D eigenvalue weighted by atomic mass is 9.80. The summed E-state index contributed by atoms with van der Waals surface area (Å²) in [6, 6.07) is 6.61. The van der Waals surface area contributed by atoms with Crippen molar-refractivity contribution in [3.05, 3.63) is 41.6 Å². The summed E-state index contributed by atoms with van der Waals surface area (Å²) < 4.78 is 1.80. The van der Waals surface area contributed by atoms with Gasteiger partial charge in [0.05, 0.1) is 11.4 Å². The SMILES string of the molecule is CCC(=O)n1cc2c3c(cccc31)C1=C[C@@H](C(=O)N[C@H](C)CC)CN(C)[C@@H]1C2. The zero-order valence-corrected chi connectivity index (χ0v) is 17.2. The number of likely N-dealkylation sites (N-methyl/N-ethyl adjacent to an activating group) is 1. The molecule has 0 saturated carbocycles. The molecule has 1 aromatic heterocycles. The van der Waals surface area contributed by atoms with Crippen molar-refractivity contribution in [3.63, 3.8) is 0 Å². The quantitative estimate of drug-likeness (QED) is 0.885. The lowest BCUT2D eigenvalue weighted by Gasteiger charge is -2.39. The summed E-state index contributed by atoms with van der Waals surface area (Å²) in [6.45, 7) is 6.74. The highest BCUT2D eigenvalue weighted by molar-refractivity contribution is 6.03. The number of nitrogens with zero attached hydrogens (tertiary/aromatic N) is 2. The molecule has 1 N–H and O–H groups in total. The maximum absolute atomic E-state index is 12.8. The van der Waals surface area contributed by atoms with Gasteiger partial charge in [-0.25, -0.2) is 0 Å². The molecule has 0 bridgehead atoms. The van der Waals surface area contributed by atoms with Crippen molar-refractivity contribution in [2.45, 2.75) is 52.1 Å². The van der Waals surface area contributed by atoms with Crippen LogP contribution < -0.4 is 5.32 Å². The van der Waals surface area contributed by atoms with Crippen LogP contribution in [0.1, 0.15) is 49.5 Å². The summed E-state index contributed by atoms with van der Waals surface area (Å²) in [7, 11) is 2.10. The van der Waals surface area contributed by atoms with Crippen molar-refractivity contribution in [3.8, 4) is 0 Å². The zero-order valence-electron chi connectivity index (χ0n) is 17.2. The smallest absolute Gasteiger partial charge is 0.230 e. The number of carbonyl (C=O) groups is 2. The molecule has 1 aliphatic heterocycles. The van der Waals surface area contributed by atoms with Crippen LogP contribution in [0.5, 0.6) is 0 Å². The predicted octanol–water partition coefficient (Wildman–Crippen LogP) is 3.48. The third-order valence-corrected chi connectivity index (χ3v) is 6.30. The highest BCUT2D eigenvalue weighted by Gasteiger charge is 2.36. The fourth-order valence-corrected chi connectivity index (χ4v) is 4.55. The minimum Gasteiger partial charge on any atom is -0.353 e. The fourth-order valence-electron chi connectivity index (χ4n) is 4.55. The molecule has 5 nitrogen and oxygen atoms in total. The maximum atomic E-state index is 12.8. The average Bonchev–Trinajstić information content (AvgIpc) is 3.07. The molecule has 4 rings (SSSR count). The fraction of sp³-hybridized carbons (Fsp3) is 0.478. The first-order chi connectivity index (χ1) is 13.4. The van der Waals surface area contributed by atoms with Gasteiger partial charge in [0.1, 0.15) is 0 Å². The van der Waals surface area contributed by atoms with E-state index in [1.807, 2.05) is 32.2 Å². The van der Waals surface area contributed by atoms with Crippen LogP contribution in [0.15, 0.2) is 30.5 Å². The molecule has 0 fully saturated rings. The van der Waals surface area contributed by atoms with Gasteiger partial charge in [0.2, 0.25) is 11.8 Å². The second-order valence-corrected chi connectivity index (χ2v) is 8.18. The van der Waals surface area contributed by atoms with Crippen molar-refractivity contribution in [1.82, 2.24) is 14.8 Å². The minimum absolute atomic E-state index is 0.101. The summed E-state index contributed by atoms with van der Waals surface area (Å²) >= 11 is 0. The van der Waals surface area contributed by atoms with Gasteiger partial charge in [0, 0.05) is 36.6 Å². The van der Waals surface area contributed by atoms with Crippen LogP contribution in [0.4, 0.5) is 0 Å². The van der Waals surface area contributed by atoms with E-state index in [1.165, 1.54) is 22.1 Å². The van der Waals surface area contributed by atoms with Crippen LogP contribution in [0.3, 0.4) is 0 Å². The van der Waals surface area contributed by atoms with Crippen LogP contribution in [0.2, 0.25) is 0 Å². The number of fused-ring (bicyclic) bond motifs is 2. The van der Waals surface area contributed by atoms with Gasteiger partial charge in [0.15, 0.2) is 0 Å². The normalized spacial score (nSPS) is 22.5. The van der Waals surface area contributed by atoms with Crippen LogP contribution >= 0.6 is 0 Å². The Labute approximate surface area is 166 Å². The lowest BCUT2D eigenvalue weighted by Crippen LogP contribution is -2.47. The monoisotopic (exact) mass is 379 g/mol. The first-order valence-corrected chi connectivity index (χ1v) is 10.3. The van der Waals surface area contributed by atoms with Gasteiger partial charge in [-0.15, -0.1) is 0 Å². The number of nitrogens with one attached hydrogen (secondary N) is 1. The van der Waals surface area contributed by atoms with Crippen molar-refractivity contribution < 1.29 is 9.59 Å². The Kier molecular flexibility index (Phi) is 4.88. The van der Waals surface area contributed by atoms with Crippen LogP contribution in [0, 0.1) is 5.92 Å². The topological polar surface area (TPSA) is 54.3 Å². The van der Waals surface area contributed by atoms with Crippen LogP contribution in [-0.2, 0) is 11.2 Å². The molecule has 2 heterocycles. The van der Waals surface area contributed by atoms with E-state index in [2.05, 4.69) is 36.3 Å². The number of amides is 1. The molecule has 28 heavy (non-hydrogen) atoms. The Hall–Kier alpha value is -2.40. The zero-order chi connectivity index (χ0) is 20.0. The van der Waals surface area contributed by atoms with E-state index in [9.17, 15) is 9.59 Å². The molecule has 0 spiro atoms. The molecule has 1 aliphatic carbocycles. The van der Waals surface area contributed by atoms with Crippen molar-refractivity contribution in [2.75, 3.05) is 13.6 Å². The first kappa shape index (κ1) is 18.9. The van der Waals surface area contributed by atoms with Gasteiger partial charge < -0.3 is 5.32 Å². The van der Waals surface area contributed by atoms with E-state index in [1.54, 1.807) is 4.57 Å². The maximum Gasteiger partial charge on any atom is 0.230 e. The van der Waals surface area contributed by atoms with Gasteiger partial charge in [-0.05, 0) is 49.6 Å². The molecule has 3 atom stereocenters. The number of rotatable bonds is 4. The number of hydrogen-bond donors (Lipinski definition) is 1. The minimum atomic E-state index is -0.151. The first-order valence-electron chi connectivity index (χ1n) is 10.3. The Bertz CT molecular complexity index is 972. The van der Waals surface area contributed by atoms with E-state index in [0.717, 1.165) is 24.9 Å². The summed E-state index contributed by atoms with van der Waals surface area (Å²) in [5, 5.41) is 4.30. The largest absolute Gasteiger partial charge is 0.353 e. The molecule has 1 amide bonds. The Balaban J connectivity index is 1.79. The molecule has 2 aromatic rings. The number of hydrogen-bond acceptors (Lipinski definition) is 3. The van der Waals surface area contributed by atoms with E-state index >= 15 is 0 Å². The number of benzene rings is 1. The molecule has 0 unspecified atom stereocenters. The Morgan fingerprint density at radius 3 is 2.79 bits per heavy atom. The summed E-state index contributed by atoms with van der Waals surface area (Å²) in [4.78, 5) is 27.5. The Morgan fingerprint density at radius 2 is 2.07 bits per heavy atom. The third kappa shape index (κ3) is 2.98. The number of aromatic nitrogens is 1. The molecular weight excluding hydrogens is 350 g/mol. The molecule has 5 heteroatoms. The van der Waals surface area contributed by atoms with Crippen LogP contribution in [-0.4, -0.2) is 47.0 Å². The van der Waals surface area contributed by atoms with E-state index in [4.69, 9.17) is 0 Å². The van der Waals surface area contributed by atoms with Gasteiger partial charge >= 0.3 is 0 Å². The molecule has 1 aromatic carbocycles. The summed E-state index contributed by atoms with van der Waals surface area (Å²) in [5.41, 5.74) is 4.59. The molecule has 0 radical (unpaired) electrons. The van der Waals surface area contributed by atoms with Gasteiger partial charge in [-0.1, -0.05) is 32.1 Å².